The van der Waals surface area contributed by atoms with Crippen LogP contribution in [-0.2, 0) is 14.8 Å². The molecule has 1 N–H and O–H groups in total. The van der Waals surface area contributed by atoms with Crippen LogP contribution in [0.4, 0.5) is 5.69 Å². The summed E-state index contributed by atoms with van der Waals surface area (Å²) in [5.74, 6) is -1.95. The molecule has 0 radical (unpaired) electrons. The van der Waals surface area contributed by atoms with Crippen molar-refractivity contribution in [2.24, 2.45) is 4.40 Å². The van der Waals surface area contributed by atoms with Gasteiger partial charge < -0.3 is 5.11 Å². The van der Waals surface area contributed by atoms with Gasteiger partial charge in [0.05, 0.1) is 26.2 Å². The van der Waals surface area contributed by atoms with E-state index < -0.39 is 32.4 Å². The molecule has 148 valence electrons. The van der Waals surface area contributed by atoms with E-state index >= 15 is 0 Å². The SMILES string of the molecule is O=C(O)CSC1=CC(=NS(=O)(=O)c2cccc([N+](=O)[O-])c2)c2ccccc2C1=O. The first kappa shape index (κ1) is 20.4. The first-order valence-corrected chi connectivity index (χ1v) is 10.4. The number of sulfonamides is 1. The van der Waals surface area contributed by atoms with Crippen LogP contribution in [0.3, 0.4) is 0 Å². The molecule has 29 heavy (non-hydrogen) atoms. The van der Waals surface area contributed by atoms with Gasteiger partial charge in [-0.1, -0.05) is 30.3 Å². The number of benzene rings is 2. The minimum atomic E-state index is -4.33. The molecule has 0 aromatic heterocycles. The zero-order chi connectivity index (χ0) is 21.2. The van der Waals surface area contributed by atoms with Gasteiger partial charge >= 0.3 is 5.97 Å². The number of hydrogen-bond acceptors (Lipinski definition) is 7. The lowest BCUT2D eigenvalue weighted by Crippen LogP contribution is -2.18. The maximum Gasteiger partial charge on any atom is 0.313 e. The molecule has 0 atom stereocenters. The predicted octanol–water partition coefficient (Wildman–Crippen LogP) is 2.67. The Bertz CT molecular complexity index is 1200. The number of Topliss-reactive ketones (excluding diaryl/α,β-unsaturated/α-hetero) is 1. The third-order valence-electron chi connectivity index (χ3n) is 3.84. The van der Waals surface area contributed by atoms with Gasteiger partial charge in [0.25, 0.3) is 15.7 Å². The van der Waals surface area contributed by atoms with E-state index in [1.165, 1.54) is 30.3 Å². The molecule has 0 aliphatic heterocycles. The molecule has 0 saturated heterocycles. The van der Waals surface area contributed by atoms with Crippen LogP contribution >= 0.6 is 11.8 Å². The van der Waals surface area contributed by atoms with Gasteiger partial charge in [0, 0.05) is 23.3 Å². The van der Waals surface area contributed by atoms with Crippen molar-refractivity contribution in [3.05, 3.63) is 80.8 Å². The van der Waals surface area contributed by atoms with Crippen LogP contribution in [0.1, 0.15) is 15.9 Å². The standard InChI is InChI=1S/C18H12N2O7S2/c21-17(22)10-28-16-9-15(13-6-1-2-7-14(13)18(16)23)19-29(26,27)12-5-3-4-11(8-12)20(24)25/h1-9H,10H2,(H,21,22). The average molecular weight is 432 g/mol. The number of carboxylic acids is 1. The molecule has 2 aromatic rings. The van der Waals surface area contributed by atoms with Gasteiger partial charge in [-0.15, -0.1) is 11.8 Å². The summed E-state index contributed by atoms with van der Waals surface area (Å²) in [5.41, 5.74) is 0.000369. The first-order valence-electron chi connectivity index (χ1n) is 7.99. The minimum Gasteiger partial charge on any atom is -0.481 e. The van der Waals surface area contributed by atoms with Gasteiger partial charge in [0.1, 0.15) is 0 Å². The zero-order valence-electron chi connectivity index (χ0n) is 14.5. The van der Waals surface area contributed by atoms with Gasteiger partial charge in [-0.2, -0.15) is 12.8 Å². The molecule has 9 nitrogen and oxygen atoms in total. The third kappa shape index (κ3) is 4.41. The monoisotopic (exact) mass is 432 g/mol. The molecule has 0 amide bonds. The van der Waals surface area contributed by atoms with Crippen LogP contribution in [0, 0.1) is 10.1 Å². The summed E-state index contributed by atoms with van der Waals surface area (Å²) in [6.45, 7) is 0. The lowest BCUT2D eigenvalue weighted by Gasteiger charge is -2.16. The molecule has 0 bridgehead atoms. The van der Waals surface area contributed by atoms with E-state index in [-0.39, 0.29) is 32.4 Å². The molecular formula is C18H12N2O7S2. The summed E-state index contributed by atoms with van der Waals surface area (Å²) in [4.78, 5) is 33.3. The van der Waals surface area contributed by atoms with E-state index in [1.807, 2.05) is 0 Å². The van der Waals surface area contributed by atoms with E-state index in [0.29, 0.717) is 0 Å². The van der Waals surface area contributed by atoms with Crippen LogP contribution < -0.4 is 0 Å². The van der Waals surface area contributed by atoms with E-state index in [2.05, 4.69) is 4.40 Å². The van der Waals surface area contributed by atoms with Crippen LogP contribution in [0.5, 0.6) is 0 Å². The van der Waals surface area contributed by atoms with Crippen molar-refractivity contribution in [1.29, 1.82) is 0 Å². The second-order valence-corrected chi connectivity index (χ2v) is 8.39. The number of carboxylic acid groups (broad SMARTS) is 1. The van der Waals surface area contributed by atoms with Crippen LogP contribution in [0.25, 0.3) is 0 Å². The average Bonchev–Trinajstić information content (AvgIpc) is 2.69. The Labute approximate surface area is 169 Å². The van der Waals surface area contributed by atoms with Gasteiger partial charge in [0.2, 0.25) is 0 Å². The quantitative estimate of drug-likeness (QED) is 0.542. The van der Waals surface area contributed by atoms with E-state index in [0.717, 1.165) is 23.9 Å². The summed E-state index contributed by atoms with van der Waals surface area (Å²) in [6, 6.07) is 10.7. The smallest absolute Gasteiger partial charge is 0.313 e. The molecule has 0 saturated carbocycles. The number of aliphatic carboxylic acids is 1. The van der Waals surface area contributed by atoms with E-state index in [9.17, 15) is 28.1 Å². The maximum absolute atomic E-state index is 12.7. The Hall–Kier alpha value is -3.31. The maximum atomic E-state index is 12.7. The molecule has 0 fully saturated rings. The van der Waals surface area contributed by atoms with Gasteiger partial charge in [-0.3, -0.25) is 19.7 Å². The summed E-state index contributed by atoms with van der Waals surface area (Å²) in [6.07, 6.45) is 1.22. The number of non-ortho nitro benzene ring substituents is 1. The van der Waals surface area contributed by atoms with E-state index in [4.69, 9.17) is 5.11 Å². The Morgan fingerprint density at radius 3 is 2.48 bits per heavy atom. The fourth-order valence-corrected chi connectivity index (χ4v) is 4.32. The molecule has 0 unspecified atom stereocenters. The highest BCUT2D eigenvalue weighted by atomic mass is 32.2. The number of rotatable bonds is 6. The Kier molecular flexibility index (Phi) is 5.62. The van der Waals surface area contributed by atoms with Crippen molar-refractivity contribution >= 4 is 44.9 Å². The van der Waals surface area contributed by atoms with Gasteiger partial charge in [0.15, 0.2) is 5.78 Å². The normalized spacial score (nSPS) is 15.0. The number of carbonyl (C=O) groups is 2. The number of nitro groups is 1. The molecule has 1 aliphatic rings. The van der Waals surface area contributed by atoms with Crippen molar-refractivity contribution in [3.63, 3.8) is 0 Å². The minimum absolute atomic E-state index is 0.0408. The number of hydrogen-bond donors (Lipinski definition) is 1. The van der Waals surface area contributed by atoms with Crippen LogP contribution in [0.15, 0.2) is 68.8 Å². The largest absolute Gasteiger partial charge is 0.481 e. The molecule has 0 spiro atoms. The summed E-state index contributed by atoms with van der Waals surface area (Å²) >= 11 is 0.756. The molecule has 3 rings (SSSR count). The van der Waals surface area contributed by atoms with Crippen molar-refractivity contribution in [2.45, 2.75) is 4.90 Å². The molecule has 1 aliphatic carbocycles. The van der Waals surface area contributed by atoms with Crippen LogP contribution in [-0.4, -0.2) is 41.7 Å². The number of thioether (sulfide) groups is 1. The summed E-state index contributed by atoms with van der Waals surface area (Å²) < 4.78 is 29.2. The Morgan fingerprint density at radius 2 is 1.83 bits per heavy atom. The third-order valence-corrected chi connectivity index (χ3v) is 6.13. The number of carbonyl (C=O) groups excluding carboxylic acids is 1. The lowest BCUT2D eigenvalue weighted by atomic mass is 9.94. The summed E-state index contributed by atoms with van der Waals surface area (Å²) in [5, 5.41) is 19.8. The second kappa shape index (κ2) is 7.97. The number of ketones is 1. The first-order chi connectivity index (χ1) is 13.7. The highest BCUT2D eigenvalue weighted by Crippen LogP contribution is 2.30. The predicted molar refractivity (Wildman–Crippen MR) is 106 cm³/mol. The van der Waals surface area contributed by atoms with Crippen LogP contribution in [0.2, 0.25) is 0 Å². The summed E-state index contributed by atoms with van der Waals surface area (Å²) in [7, 11) is -4.33. The highest BCUT2D eigenvalue weighted by molar-refractivity contribution is 8.04. The fraction of sp³-hybridized carbons (Fsp3) is 0.0556. The molecule has 0 heterocycles. The second-order valence-electron chi connectivity index (χ2n) is 5.77. The Morgan fingerprint density at radius 1 is 1.14 bits per heavy atom. The number of nitro benzene ring substituents is 1. The van der Waals surface area contributed by atoms with Crippen molar-refractivity contribution in [1.82, 2.24) is 0 Å². The van der Waals surface area contributed by atoms with E-state index in [1.54, 1.807) is 12.1 Å². The number of fused-ring (bicyclic) bond motifs is 1. The number of nitrogens with zero attached hydrogens (tertiary/aromatic N) is 2. The lowest BCUT2D eigenvalue weighted by molar-refractivity contribution is -0.385. The Balaban J connectivity index is 2.11. The van der Waals surface area contributed by atoms with Crippen molar-refractivity contribution in [2.75, 3.05) is 5.75 Å². The highest BCUT2D eigenvalue weighted by Gasteiger charge is 2.27. The number of allylic oxidation sites excluding steroid dienone is 2. The molecular weight excluding hydrogens is 420 g/mol. The van der Waals surface area contributed by atoms with Gasteiger partial charge in [-0.25, -0.2) is 0 Å². The molecule has 11 heteroatoms. The molecule has 2 aromatic carbocycles. The van der Waals surface area contributed by atoms with Crippen molar-refractivity contribution < 1.29 is 28.0 Å². The topological polar surface area (TPSA) is 144 Å². The fourth-order valence-electron chi connectivity index (χ4n) is 2.57. The van der Waals surface area contributed by atoms with Crippen molar-refractivity contribution in [3.8, 4) is 0 Å². The van der Waals surface area contributed by atoms with Gasteiger partial charge in [-0.05, 0) is 12.1 Å². The zero-order valence-corrected chi connectivity index (χ0v) is 16.1.